The summed E-state index contributed by atoms with van der Waals surface area (Å²) in [5.41, 5.74) is -0.374. The van der Waals surface area contributed by atoms with Crippen molar-refractivity contribution in [2.45, 2.75) is 4.90 Å². The maximum Gasteiger partial charge on any atom is 0.337 e. The summed E-state index contributed by atoms with van der Waals surface area (Å²) in [7, 11) is -2.35. The molecular weight excluding hydrogens is 344 g/mol. The number of carbonyl (C=O) groups is 2. The van der Waals surface area contributed by atoms with Crippen molar-refractivity contribution in [3.8, 4) is 0 Å². The standard InChI is InChI=1S/C10H10O7S.2Ca/c1-16-9(11)6-3-7(10(12)17-2)5-8(4-6)18(13,14)15;;/h3-5H,1-2H3,(H,13,14,15);;. The van der Waals surface area contributed by atoms with Crippen LogP contribution in [-0.4, -0.2) is 115 Å². The molecule has 7 nitrogen and oxygen atoms in total. The van der Waals surface area contributed by atoms with Crippen LogP contribution in [0.3, 0.4) is 0 Å². The van der Waals surface area contributed by atoms with E-state index in [0.29, 0.717) is 0 Å². The number of carbonyl (C=O) groups excluding carboxylic acids is 2. The number of hydrogen-bond donors (Lipinski definition) is 1. The van der Waals surface area contributed by atoms with Crippen LogP contribution in [0.1, 0.15) is 20.7 Å². The third-order valence-corrected chi connectivity index (χ3v) is 2.88. The summed E-state index contributed by atoms with van der Waals surface area (Å²) in [6.45, 7) is 0. The van der Waals surface area contributed by atoms with Crippen LogP contribution in [0, 0.1) is 0 Å². The van der Waals surface area contributed by atoms with Gasteiger partial charge in [-0.15, -0.1) is 0 Å². The van der Waals surface area contributed by atoms with Gasteiger partial charge in [-0.1, -0.05) is 0 Å². The first kappa shape index (κ1) is 22.9. The monoisotopic (exact) mass is 354 g/mol. The Balaban J connectivity index is 0. The zero-order valence-electron chi connectivity index (χ0n) is 11.0. The predicted octanol–water partition coefficient (Wildman–Crippen LogP) is -0.255. The second-order valence-corrected chi connectivity index (χ2v) is 4.63. The molecule has 0 unspecified atom stereocenters. The minimum atomic E-state index is -4.55. The van der Waals surface area contributed by atoms with Gasteiger partial charge >= 0.3 is 11.9 Å². The van der Waals surface area contributed by atoms with E-state index >= 15 is 0 Å². The minimum absolute atomic E-state index is 0. The van der Waals surface area contributed by atoms with Gasteiger partial charge in [-0.25, -0.2) is 9.59 Å². The van der Waals surface area contributed by atoms with Crippen LogP contribution in [0.2, 0.25) is 0 Å². The number of hydrogen-bond acceptors (Lipinski definition) is 6. The minimum Gasteiger partial charge on any atom is -0.465 e. The van der Waals surface area contributed by atoms with Gasteiger partial charge in [-0.05, 0) is 18.2 Å². The average molecular weight is 354 g/mol. The van der Waals surface area contributed by atoms with Gasteiger partial charge in [0.1, 0.15) is 0 Å². The van der Waals surface area contributed by atoms with Crippen LogP contribution < -0.4 is 0 Å². The van der Waals surface area contributed by atoms with Crippen LogP contribution in [0.15, 0.2) is 23.1 Å². The van der Waals surface area contributed by atoms with E-state index in [-0.39, 0.29) is 86.6 Å². The molecule has 1 aromatic carbocycles. The van der Waals surface area contributed by atoms with Gasteiger partial charge in [-0.3, -0.25) is 4.55 Å². The molecule has 1 rings (SSSR count). The van der Waals surface area contributed by atoms with Crippen molar-refractivity contribution < 1.29 is 32.0 Å². The molecule has 4 radical (unpaired) electrons. The number of benzene rings is 1. The Labute approximate surface area is 175 Å². The smallest absolute Gasteiger partial charge is 0.337 e. The van der Waals surface area contributed by atoms with Crippen molar-refractivity contribution in [1.82, 2.24) is 0 Å². The Kier molecular flexibility index (Phi) is 10.9. The first-order valence-electron chi connectivity index (χ1n) is 4.59. The molecule has 0 aliphatic rings. The van der Waals surface area contributed by atoms with Gasteiger partial charge in [-0.2, -0.15) is 8.42 Å². The number of methoxy groups -OCH3 is 2. The second-order valence-electron chi connectivity index (χ2n) is 3.20. The third kappa shape index (κ3) is 6.15. The second kappa shape index (κ2) is 9.57. The molecule has 0 saturated carbocycles. The molecule has 0 atom stereocenters. The van der Waals surface area contributed by atoms with Gasteiger partial charge in [0.25, 0.3) is 10.1 Å². The molecule has 20 heavy (non-hydrogen) atoms. The number of rotatable bonds is 3. The van der Waals surface area contributed by atoms with E-state index in [0.717, 1.165) is 32.4 Å². The van der Waals surface area contributed by atoms with Crippen molar-refractivity contribution in [3.05, 3.63) is 29.3 Å². The Bertz CT molecular complexity index is 563. The molecule has 0 heterocycles. The fourth-order valence-corrected chi connectivity index (χ4v) is 1.77. The van der Waals surface area contributed by atoms with Crippen molar-refractivity contribution in [2.75, 3.05) is 14.2 Å². The normalized spacial score (nSPS) is 9.75. The molecular formula is C10H10Ca2O7S. The van der Waals surface area contributed by atoms with E-state index in [1.54, 1.807) is 0 Å². The van der Waals surface area contributed by atoms with Crippen LogP contribution in [-0.2, 0) is 19.6 Å². The van der Waals surface area contributed by atoms with Crippen molar-refractivity contribution in [2.24, 2.45) is 0 Å². The number of ether oxygens (including phenoxy) is 2. The molecule has 0 spiro atoms. The molecule has 0 saturated heterocycles. The SMILES string of the molecule is COC(=O)c1cc(C(=O)OC)cc(S(=O)(=O)O)c1.[Ca].[Ca]. The topological polar surface area (TPSA) is 107 Å². The van der Waals surface area contributed by atoms with E-state index in [4.69, 9.17) is 4.55 Å². The van der Waals surface area contributed by atoms with Crippen LogP contribution in [0.5, 0.6) is 0 Å². The summed E-state index contributed by atoms with van der Waals surface area (Å²) in [4.78, 5) is 22.0. The average Bonchev–Trinajstić information content (AvgIpc) is 2.35. The summed E-state index contributed by atoms with van der Waals surface area (Å²) >= 11 is 0. The summed E-state index contributed by atoms with van der Waals surface area (Å²) in [6, 6.07) is 2.90. The zero-order chi connectivity index (χ0) is 13.9. The van der Waals surface area contributed by atoms with Crippen molar-refractivity contribution in [1.29, 1.82) is 0 Å². The maximum atomic E-state index is 11.3. The quantitative estimate of drug-likeness (QED) is 0.453. The fourth-order valence-electron chi connectivity index (χ4n) is 1.22. The van der Waals surface area contributed by atoms with Gasteiger partial charge < -0.3 is 9.47 Å². The van der Waals surface area contributed by atoms with Gasteiger partial charge in [0.05, 0.1) is 30.2 Å². The van der Waals surface area contributed by atoms with Crippen LogP contribution in [0.25, 0.3) is 0 Å². The van der Waals surface area contributed by atoms with Crippen molar-refractivity contribution >= 4 is 97.5 Å². The molecule has 102 valence electrons. The first-order valence-corrected chi connectivity index (χ1v) is 6.03. The molecule has 0 amide bonds. The van der Waals surface area contributed by atoms with E-state index in [1.165, 1.54) is 0 Å². The summed E-state index contributed by atoms with van der Waals surface area (Å²) in [6.07, 6.45) is 0. The maximum absolute atomic E-state index is 11.3. The molecule has 0 aromatic heterocycles. The van der Waals surface area contributed by atoms with E-state index < -0.39 is 27.0 Å². The van der Waals surface area contributed by atoms with Gasteiger partial charge in [0.2, 0.25) is 0 Å². The predicted molar refractivity (Wildman–Crippen MR) is 70.4 cm³/mol. The van der Waals surface area contributed by atoms with Crippen molar-refractivity contribution in [3.63, 3.8) is 0 Å². The zero-order valence-corrected chi connectivity index (χ0v) is 16.2. The molecule has 0 fully saturated rings. The van der Waals surface area contributed by atoms with E-state index in [9.17, 15) is 18.0 Å². The Morgan fingerprint density at radius 1 is 0.950 bits per heavy atom. The summed E-state index contributed by atoms with van der Waals surface area (Å²) < 4.78 is 39.7. The Morgan fingerprint density at radius 3 is 1.55 bits per heavy atom. The van der Waals surface area contributed by atoms with E-state index in [2.05, 4.69) is 9.47 Å². The van der Waals surface area contributed by atoms with Crippen LogP contribution in [0.4, 0.5) is 0 Å². The number of esters is 2. The molecule has 0 aliphatic heterocycles. The first-order chi connectivity index (χ1) is 8.29. The summed E-state index contributed by atoms with van der Waals surface area (Å²) in [5.74, 6) is -1.68. The third-order valence-electron chi connectivity index (χ3n) is 2.05. The molecule has 1 N–H and O–H groups in total. The Morgan fingerprint density at radius 2 is 1.30 bits per heavy atom. The summed E-state index contributed by atoms with van der Waals surface area (Å²) in [5, 5.41) is 0. The van der Waals surface area contributed by atoms with Crippen LogP contribution >= 0.6 is 0 Å². The molecule has 10 heteroatoms. The molecule has 0 bridgehead atoms. The molecule has 1 aromatic rings. The van der Waals surface area contributed by atoms with Gasteiger partial charge in [0.15, 0.2) is 0 Å². The molecule has 0 aliphatic carbocycles. The fraction of sp³-hybridized carbons (Fsp3) is 0.200. The van der Waals surface area contributed by atoms with E-state index in [1.807, 2.05) is 0 Å². The Hall–Kier alpha value is 0.589. The van der Waals surface area contributed by atoms with Gasteiger partial charge in [0, 0.05) is 75.5 Å². The largest absolute Gasteiger partial charge is 0.465 e.